The quantitative estimate of drug-likeness (QED) is 0.160. The van der Waals surface area contributed by atoms with Crippen LogP contribution in [0.1, 0.15) is 83.5 Å². The number of hydrogen-bond acceptors (Lipinski definition) is 8. The normalized spacial score (nSPS) is 12.3. The van der Waals surface area contributed by atoms with Crippen LogP contribution in [0.4, 0.5) is 0 Å². The molecular formula is C19H38O8P2. The van der Waals surface area contributed by atoms with Gasteiger partial charge in [0.25, 0.3) is 0 Å². The molecule has 0 aliphatic heterocycles. The van der Waals surface area contributed by atoms with Gasteiger partial charge in [-0.2, -0.15) is 0 Å². The van der Waals surface area contributed by atoms with Crippen molar-refractivity contribution in [2.24, 2.45) is 0 Å². The number of unbranched alkanes of at least 4 members (excludes halogenated alkanes) is 10. The van der Waals surface area contributed by atoms with Crippen LogP contribution in [0.3, 0.4) is 0 Å². The number of hydrogen-bond donors (Lipinski definition) is 0. The van der Waals surface area contributed by atoms with Gasteiger partial charge in [0.2, 0.25) is 11.0 Å². The van der Waals surface area contributed by atoms with E-state index in [0.29, 0.717) is 12.8 Å². The van der Waals surface area contributed by atoms with Crippen molar-refractivity contribution in [3.63, 3.8) is 0 Å². The molecule has 0 saturated heterocycles. The van der Waals surface area contributed by atoms with Crippen molar-refractivity contribution in [3.8, 4) is 0 Å². The predicted molar refractivity (Wildman–Crippen MR) is 113 cm³/mol. The largest absolute Gasteiger partial charge is 0.396 e. The van der Waals surface area contributed by atoms with Crippen LogP contribution in [-0.4, -0.2) is 39.5 Å². The first-order chi connectivity index (χ1) is 13.8. The summed E-state index contributed by atoms with van der Waals surface area (Å²) in [5, 5.41) is 0. The molecule has 0 heterocycles. The van der Waals surface area contributed by atoms with Crippen LogP contribution in [0.25, 0.3) is 0 Å². The average Bonchev–Trinajstić information content (AvgIpc) is 2.75. The monoisotopic (exact) mass is 456 g/mol. The van der Waals surface area contributed by atoms with E-state index in [0.717, 1.165) is 51.4 Å². The maximum atomic E-state index is 11.9. The third-order valence-corrected chi connectivity index (χ3v) is 8.45. The van der Waals surface area contributed by atoms with Gasteiger partial charge in [0.1, 0.15) is 0 Å². The standard InChI is InChI=1S/C19H38O8P2/c1-24-28(22,25-2)18(20)16-14-12-10-8-6-5-7-9-11-13-15-17-19(21)29(23,26-3)27-4/h5-17H2,1-4H3. The highest BCUT2D eigenvalue weighted by Gasteiger charge is 2.31. The van der Waals surface area contributed by atoms with Crippen LogP contribution in [0.2, 0.25) is 0 Å². The molecule has 0 rings (SSSR count). The van der Waals surface area contributed by atoms with Crippen LogP contribution in [0, 0.1) is 0 Å². The minimum atomic E-state index is -3.56. The molecule has 10 heteroatoms. The molecule has 0 saturated carbocycles. The molecule has 172 valence electrons. The van der Waals surface area contributed by atoms with Gasteiger partial charge >= 0.3 is 15.2 Å². The zero-order chi connectivity index (χ0) is 22.2. The van der Waals surface area contributed by atoms with E-state index in [9.17, 15) is 18.7 Å². The van der Waals surface area contributed by atoms with Crippen LogP contribution < -0.4 is 0 Å². The predicted octanol–water partition coefficient (Wildman–Crippen LogP) is 6.08. The van der Waals surface area contributed by atoms with Gasteiger partial charge < -0.3 is 18.1 Å². The molecule has 0 aromatic heterocycles. The third-order valence-electron chi connectivity index (χ3n) is 4.85. The summed E-state index contributed by atoms with van der Waals surface area (Å²) in [6.45, 7) is 0. The number of rotatable bonds is 20. The van der Waals surface area contributed by atoms with Crippen molar-refractivity contribution < 1.29 is 36.8 Å². The van der Waals surface area contributed by atoms with Crippen molar-refractivity contribution in [1.82, 2.24) is 0 Å². The second-order valence-corrected chi connectivity index (χ2v) is 11.3. The second kappa shape index (κ2) is 16.3. The van der Waals surface area contributed by atoms with Gasteiger partial charge in [0.05, 0.1) is 0 Å². The number of carbonyl (C=O) groups is 2. The van der Waals surface area contributed by atoms with Crippen molar-refractivity contribution in [1.29, 1.82) is 0 Å². The van der Waals surface area contributed by atoms with Crippen molar-refractivity contribution in [2.45, 2.75) is 83.5 Å². The summed E-state index contributed by atoms with van der Waals surface area (Å²) in [5.74, 6) is 0. The molecule has 8 nitrogen and oxygen atoms in total. The highest BCUT2D eigenvalue weighted by atomic mass is 31.2. The van der Waals surface area contributed by atoms with Gasteiger partial charge in [-0.25, -0.2) is 0 Å². The maximum Gasteiger partial charge on any atom is 0.396 e. The minimum absolute atomic E-state index is 0.228. The fourth-order valence-corrected chi connectivity index (χ4v) is 4.95. The topological polar surface area (TPSA) is 105 Å². The van der Waals surface area contributed by atoms with Gasteiger partial charge in [-0.3, -0.25) is 18.7 Å². The Labute approximate surface area is 175 Å². The van der Waals surface area contributed by atoms with Crippen molar-refractivity contribution in [2.75, 3.05) is 28.4 Å². The lowest BCUT2D eigenvalue weighted by molar-refractivity contribution is -0.114. The molecule has 0 unspecified atom stereocenters. The van der Waals surface area contributed by atoms with E-state index in [1.807, 2.05) is 0 Å². The summed E-state index contributed by atoms with van der Waals surface area (Å²) < 4.78 is 42.5. The van der Waals surface area contributed by atoms with Crippen LogP contribution >= 0.6 is 15.2 Å². The molecule has 29 heavy (non-hydrogen) atoms. The first kappa shape index (κ1) is 28.6. The second-order valence-electron chi connectivity index (χ2n) is 6.90. The molecule has 0 N–H and O–H groups in total. The Morgan fingerprint density at radius 3 is 0.897 bits per heavy atom. The summed E-state index contributed by atoms with van der Waals surface area (Å²) >= 11 is 0. The lowest BCUT2D eigenvalue weighted by Gasteiger charge is -2.11. The Bertz CT molecular complexity index is 500. The zero-order valence-electron chi connectivity index (χ0n) is 18.4. The van der Waals surface area contributed by atoms with E-state index < -0.39 is 26.2 Å². The SMILES string of the molecule is COP(=O)(OC)C(=O)CCCCCCCCCCCCCC(=O)P(=O)(OC)OC. The van der Waals surface area contributed by atoms with Gasteiger partial charge in [-0.05, 0) is 12.8 Å². The zero-order valence-corrected chi connectivity index (χ0v) is 20.1. The molecule has 0 spiro atoms. The van der Waals surface area contributed by atoms with E-state index in [-0.39, 0.29) is 12.8 Å². The van der Waals surface area contributed by atoms with Gasteiger partial charge in [0.15, 0.2) is 0 Å². The van der Waals surface area contributed by atoms with E-state index in [1.165, 1.54) is 34.9 Å². The van der Waals surface area contributed by atoms with Gasteiger partial charge in [-0.15, -0.1) is 0 Å². The van der Waals surface area contributed by atoms with Crippen molar-refractivity contribution in [3.05, 3.63) is 0 Å². The van der Waals surface area contributed by atoms with E-state index in [2.05, 4.69) is 18.1 Å². The Morgan fingerprint density at radius 2 is 0.690 bits per heavy atom. The Hall–Kier alpha value is -0.360. The fraction of sp³-hybridized carbons (Fsp3) is 0.895. The first-order valence-corrected chi connectivity index (χ1v) is 13.4. The van der Waals surface area contributed by atoms with Crippen molar-refractivity contribution >= 4 is 26.2 Å². The molecule has 0 atom stereocenters. The van der Waals surface area contributed by atoms with Gasteiger partial charge in [0, 0.05) is 41.3 Å². The van der Waals surface area contributed by atoms with E-state index in [4.69, 9.17) is 0 Å². The maximum absolute atomic E-state index is 11.9. The van der Waals surface area contributed by atoms with E-state index in [1.54, 1.807) is 0 Å². The Kier molecular flexibility index (Phi) is 16.1. The molecule has 0 radical (unpaired) electrons. The lowest BCUT2D eigenvalue weighted by Crippen LogP contribution is -2.03. The summed E-state index contributed by atoms with van der Waals surface area (Å²) in [5.41, 5.74) is -0.895. The molecule has 0 aromatic rings. The molecular weight excluding hydrogens is 418 g/mol. The molecule has 0 bridgehead atoms. The Balaban J connectivity index is 3.53. The lowest BCUT2D eigenvalue weighted by atomic mass is 10.0. The minimum Gasteiger partial charge on any atom is -0.307 e. The summed E-state index contributed by atoms with van der Waals surface area (Å²) in [4.78, 5) is 23.5. The molecule has 0 aliphatic carbocycles. The summed E-state index contributed by atoms with van der Waals surface area (Å²) in [6.07, 6.45) is 11.6. The van der Waals surface area contributed by atoms with Gasteiger partial charge in [-0.1, -0.05) is 57.8 Å². The highest BCUT2D eigenvalue weighted by Crippen LogP contribution is 2.49. The van der Waals surface area contributed by atoms with Crippen LogP contribution in [0.15, 0.2) is 0 Å². The fourth-order valence-electron chi connectivity index (χ4n) is 2.97. The first-order valence-electron chi connectivity index (χ1n) is 10.3. The smallest absolute Gasteiger partial charge is 0.307 e. The summed E-state index contributed by atoms with van der Waals surface area (Å²) in [6, 6.07) is 0. The molecule has 0 aliphatic rings. The summed E-state index contributed by atoms with van der Waals surface area (Å²) in [7, 11) is -2.21. The Morgan fingerprint density at radius 1 is 0.483 bits per heavy atom. The number of carbonyl (C=O) groups excluding carboxylic acids is 2. The van der Waals surface area contributed by atoms with Crippen LogP contribution in [0.5, 0.6) is 0 Å². The molecule has 0 amide bonds. The molecule has 0 aromatic carbocycles. The van der Waals surface area contributed by atoms with Crippen LogP contribution in [-0.2, 0) is 36.8 Å². The molecule has 0 fully saturated rings. The third kappa shape index (κ3) is 11.6. The highest BCUT2D eigenvalue weighted by molar-refractivity contribution is 7.72. The van der Waals surface area contributed by atoms with E-state index >= 15 is 0 Å². The average molecular weight is 456 g/mol.